The Kier molecular flexibility index (Phi) is 3.91. The highest BCUT2D eigenvalue weighted by Crippen LogP contribution is 2.24. The number of nitrogens with one attached hydrogen (secondary N) is 1. The second-order valence-corrected chi connectivity index (χ2v) is 3.87. The highest BCUT2D eigenvalue weighted by Gasteiger charge is 2.04. The third kappa shape index (κ3) is 2.81. The van der Waals surface area contributed by atoms with Crippen LogP contribution in [0.2, 0.25) is 0 Å². The quantitative estimate of drug-likeness (QED) is 0.610. The molecule has 0 bridgehead atoms. The molecule has 0 aromatic rings. The van der Waals surface area contributed by atoms with Crippen LogP contribution in [0.25, 0.3) is 11.1 Å². The molecule has 0 aliphatic heterocycles. The molecule has 0 saturated carbocycles. The van der Waals surface area contributed by atoms with Crippen LogP contribution in [0.1, 0.15) is 18.9 Å². The Morgan fingerprint density at radius 1 is 1.06 bits per heavy atom. The van der Waals surface area contributed by atoms with Gasteiger partial charge in [0.2, 0.25) is 0 Å². The van der Waals surface area contributed by atoms with Gasteiger partial charge in [0, 0.05) is 6.54 Å². The van der Waals surface area contributed by atoms with Crippen molar-refractivity contribution in [1.29, 1.82) is 0 Å². The van der Waals surface area contributed by atoms with Crippen LogP contribution in [0.3, 0.4) is 0 Å². The summed E-state index contributed by atoms with van der Waals surface area (Å²) in [5.74, 6) is 0. The molecule has 0 spiro atoms. The highest BCUT2D eigenvalue weighted by atomic mass is 16.6. The molecule has 0 aromatic carbocycles. The lowest BCUT2D eigenvalue weighted by molar-refractivity contribution is 0.0284. The second-order valence-electron chi connectivity index (χ2n) is 3.87. The molecule has 1 N–H and O–H groups in total. The normalized spacial score (nSPS) is 10.8. The maximum Gasteiger partial charge on any atom is 0.0933 e. The summed E-state index contributed by atoms with van der Waals surface area (Å²) in [4.78, 5) is 5.36. The first-order valence-corrected chi connectivity index (χ1v) is 5.72. The van der Waals surface area contributed by atoms with Crippen LogP contribution in [0, 0.1) is 0 Å². The van der Waals surface area contributed by atoms with E-state index in [0.29, 0.717) is 6.61 Å². The van der Waals surface area contributed by atoms with Gasteiger partial charge < -0.3 is 0 Å². The van der Waals surface area contributed by atoms with Crippen LogP contribution in [-0.2, 0) is 11.4 Å². The molecule has 2 nitrogen and oxygen atoms in total. The zero-order valence-electron chi connectivity index (χ0n) is 9.57. The molecule has 0 aromatic heterocycles. The summed E-state index contributed by atoms with van der Waals surface area (Å²) in [6.07, 6.45) is 1.08. The van der Waals surface area contributed by atoms with Crippen molar-refractivity contribution in [2.24, 2.45) is 0 Å². The summed E-state index contributed by atoms with van der Waals surface area (Å²) in [6.45, 7) is 3.64. The molecule has 0 atom stereocenters. The van der Waals surface area contributed by atoms with Gasteiger partial charge in [0.25, 0.3) is 0 Å². The van der Waals surface area contributed by atoms with Gasteiger partial charge in [-0.05, 0) is 35.2 Å². The Bertz CT molecular complexity index is 383. The first-order valence-electron chi connectivity index (χ1n) is 5.72. The molecule has 0 saturated heterocycles. The first kappa shape index (κ1) is 11.1. The van der Waals surface area contributed by atoms with Gasteiger partial charge in [-0.1, -0.05) is 37.3 Å². The third-order valence-corrected chi connectivity index (χ3v) is 2.48. The Labute approximate surface area is 96.5 Å². The molecule has 2 rings (SSSR count). The van der Waals surface area contributed by atoms with Gasteiger partial charge in [-0.25, -0.2) is 5.48 Å². The van der Waals surface area contributed by atoms with Crippen molar-refractivity contribution < 1.29 is 4.84 Å². The van der Waals surface area contributed by atoms with Crippen LogP contribution >= 0.6 is 0 Å². The van der Waals surface area contributed by atoms with E-state index < -0.39 is 0 Å². The van der Waals surface area contributed by atoms with Crippen molar-refractivity contribution in [2.45, 2.75) is 20.0 Å². The SMILES string of the molecule is CCCNOCc1cc2cccccc-2c1. The minimum absolute atomic E-state index is 0.623. The summed E-state index contributed by atoms with van der Waals surface area (Å²) in [7, 11) is 0. The van der Waals surface area contributed by atoms with Crippen molar-refractivity contribution in [2.75, 3.05) is 6.54 Å². The topological polar surface area (TPSA) is 21.3 Å². The molecule has 2 aliphatic carbocycles. The summed E-state index contributed by atoms with van der Waals surface area (Å²) in [6, 6.07) is 14.7. The summed E-state index contributed by atoms with van der Waals surface area (Å²) in [5.41, 5.74) is 6.67. The standard InChI is InChI=1S/C14H17NO/c1-2-8-15-16-11-12-9-13-6-4-3-5-7-14(13)10-12/h3-7,9-10,15H,2,8,11H2,1H3. The zero-order chi connectivity index (χ0) is 11.2. The fraction of sp³-hybridized carbons (Fsp3) is 0.286. The molecule has 0 heterocycles. The van der Waals surface area contributed by atoms with Gasteiger partial charge in [0.1, 0.15) is 0 Å². The van der Waals surface area contributed by atoms with Crippen LogP contribution in [-0.4, -0.2) is 6.54 Å². The molecule has 0 fully saturated rings. The molecule has 0 unspecified atom stereocenters. The van der Waals surface area contributed by atoms with Gasteiger partial charge in [-0.3, -0.25) is 4.84 Å². The number of fused-ring (bicyclic) bond motifs is 1. The Morgan fingerprint density at radius 3 is 2.38 bits per heavy atom. The number of hydrogen-bond acceptors (Lipinski definition) is 2. The molecular weight excluding hydrogens is 198 g/mol. The van der Waals surface area contributed by atoms with Crippen LogP contribution in [0.5, 0.6) is 0 Å². The van der Waals surface area contributed by atoms with E-state index in [2.05, 4.69) is 48.8 Å². The molecule has 16 heavy (non-hydrogen) atoms. The number of rotatable bonds is 5. The fourth-order valence-electron chi connectivity index (χ4n) is 1.67. The fourth-order valence-corrected chi connectivity index (χ4v) is 1.67. The minimum Gasteiger partial charge on any atom is -0.297 e. The zero-order valence-corrected chi connectivity index (χ0v) is 9.57. The minimum atomic E-state index is 0.623. The van der Waals surface area contributed by atoms with Gasteiger partial charge >= 0.3 is 0 Å². The average molecular weight is 215 g/mol. The van der Waals surface area contributed by atoms with Crippen LogP contribution in [0.15, 0.2) is 42.5 Å². The van der Waals surface area contributed by atoms with Crippen molar-refractivity contribution in [1.82, 2.24) is 5.48 Å². The first-order chi connectivity index (χ1) is 7.90. The Morgan fingerprint density at radius 2 is 1.75 bits per heavy atom. The molecule has 0 radical (unpaired) electrons. The van der Waals surface area contributed by atoms with E-state index in [-0.39, 0.29) is 0 Å². The largest absolute Gasteiger partial charge is 0.297 e. The highest BCUT2D eigenvalue weighted by molar-refractivity contribution is 5.67. The predicted molar refractivity (Wildman–Crippen MR) is 66.1 cm³/mol. The lowest BCUT2D eigenvalue weighted by Gasteiger charge is -2.01. The maximum absolute atomic E-state index is 5.36. The molecule has 2 heteroatoms. The van der Waals surface area contributed by atoms with Crippen LogP contribution < -0.4 is 5.48 Å². The number of hydrogen-bond donors (Lipinski definition) is 1. The third-order valence-electron chi connectivity index (χ3n) is 2.48. The predicted octanol–water partition coefficient (Wildman–Crippen LogP) is 3.22. The number of hydroxylamine groups is 1. The molecular formula is C14H17NO. The van der Waals surface area contributed by atoms with Crippen molar-refractivity contribution in [3.8, 4) is 11.1 Å². The van der Waals surface area contributed by atoms with E-state index in [0.717, 1.165) is 13.0 Å². The molecule has 0 amide bonds. The molecule has 84 valence electrons. The van der Waals surface area contributed by atoms with E-state index in [1.54, 1.807) is 0 Å². The summed E-state index contributed by atoms with van der Waals surface area (Å²) in [5, 5.41) is 0. The monoisotopic (exact) mass is 215 g/mol. The Balaban J connectivity index is 2.01. The van der Waals surface area contributed by atoms with Crippen molar-refractivity contribution in [3.05, 3.63) is 48.0 Å². The van der Waals surface area contributed by atoms with E-state index in [1.165, 1.54) is 16.7 Å². The second kappa shape index (κ2) is 5.64. The lowest BCUT2D eigenvalue weighted by Crippen LogP contribution is -2.14. The van der Waals surface area contributed by atoms with Crippen molar-refractivity contribution >= 4 is 0 Å². The van der Waals surface area contributed by atoms with Crippen molar-refractivity contribution in [3.63, 3.8) is 0 Å². The smallest absolute Gasteiger partial charge is 0.0933 e. The van der Waals surface area contributed by atoms with E-state index >= 15 is 0 Å². The van der Waals surface area contributed by atoms with E-state index in [1.807, 2.05) is 6.07 Å². The summed E-state index contributed by atoms with van der Waals surface area (Å²) < 4.78 is 0. The van der Waals surface area contributed by atoms with Gasteiger partial charge in [0.05, 0.1) is 6.61 Å². The van der Waals surface area contributed by atoms with Gasteiger partial charge in [-0.15, -0.1) is 0 Å². The maximum atomic E-state index is 5.36. The van der Waals surface area contributed by atoms with E-state index in [4.69, 9.17) is 4.84 Å². The molecule has 2 aliphatic rings. The van der Waals surface area contributed by atoms with Crippen LogP contribution in [0.4, 0.5) is 0 Å². The van der Waals surface area contributed by atoms with E-state index in [9.17, 15) is 0 Å². The lowest BCUT2D eigenvalue weighted by atomic mass is 10.2. The average Bonchev–Trinajstić information content (AvgIpc) is 2.55. The Hall–Kier alpha value is -1.38. The van der Waals surface area contributed by atoms with Gasteiger partial charge in [0.15, 0.2) is 0 Å². The van der Waals surface area contributed by atoms with Gasteiger partial charge in [-0.2, -0.15) is 0 Å². The summed E-state index contributed by atoms with van der Waals surface area (Å²) >= 11 is 0.